The van der Waals surface area contributed by atoms with Crippen LogP contribution in [0.5, 0.6) is 0 Å². The second-order valence-corrected chi connectivity index (χ2v) is 11.3. The summed E-state index contributed by atoms with van der Waals surface area (Å²) >= 11 is 0. The van der Waals surface area contributed by atoms with Gasteiger partial charge in [0, 0.05) is 23.6 Å². The molecule has 0 bridgehead atoms. The standard InChI is InChI=1S/C26H30FN3O3S/c1-16(2)30-15-28-24-9-8-23(29-34(4,32)33)22(25(24)26(30)31)13-18-6-5-7-19(12-18)20-10-17(3)11-21(27)14-20/h5-7,10-12,14-16,22-23,29H,8-9,13H2,1-4H3/t22-,23-/m0/s1. The first kappa shape index (κ1) is 24.3. The Hall–Kier alpha value is -2.84. The molecule has 0 saturated carbocycles. The molecule has 1 aromatic heterocycles. The van der Waals surface area contributed by atoms with Crippen LogP contribution in [-0.2, 0) is 22.9 Å². The van der Waals surface area contributed by atoms with Crippen LogP contribution in [0.2, 0.25) is 0 Å². The van der Waals surface area contributed by atoms with Crippen LogP contribution in [0.25, 0.3) is 11.1 Å². The van der Waals surface area contributed by atoms with Crippen LogP contribution < -0.4 is 10.3 Å². The molecule has 0 amide bonds. The number of benzene rings is 2. The number of fused-ring (bicyclic) bond motifs is 1. The second kappa shape index (κ2) is 9.43. The summed E-state index contributed by atoms with van der Waals surface area (Å²) in [7, 11) is -3.47. The third-order valence-corrected chi connectivity index (χ3v) is 7.07. The van der Waals surface area contributed by atoms with Crippen LogP contribution >= 0.6 is 0 Å². The first-order valence-corrected chi connectivity index (χ1v) is 13.3. The molecule has 1 N–H and O–H groups in total. The van der Waals surface area contributed by atoms with Gasteiger partial charge in [-0.1, -0.05) is 30.3 Å². The molecule has 1 heterocycles. The van der Waals surface area contributed by atoms with Crippen LogP contribution in [0, 0.1) is 12.7 Å². The second-order valence-electron chi connectivity index (χ2n) is 9.47. The predicted molar refractivity (Wildman–Crippen MR) is 132 cm³/mol. The van der Waals surface area contributed by atoms with Gasteiger partial charge in [-0.25, -0.2) is 22.5 Å². The summed E-state index contributed by atoms with van der Waals surface area (Å²) in [6.07, 6.45) is 4.28. The molecule has 3 aromatic rings. The van der Waals surface area contributed by atoms with Crippen molar-refractivity contribution in [3.05, 3.63) is 87.3 Å². The Morgan fingerprint density at radius 2 is 1.94 bits per heavy atom. The molecular weight excluding hydrogens is 453 g/mol. The van der Waals surface area contributed by atoms with Gasteiger partial charge in [-0.15, -0.1) is 0 Å². The Balaban J connectivity index is 1.78. The van der Waals surface area contributed by atoms with Gasteiger partial charge in [0.2, 0.25) is 10.0 Å². The zero-order valence-corrected chi connectivity index (χ0v) is 20.7. The van der Waals surface area contributed by atoms with E-state index in [1.54, 1.807) is 10.9 Å². The number of hydrogen-bond donors (Lipinski definition) is 1. The SMILES string of the molecule is Cc1cc(F)cc(-c2cccc(C[C@@H]3c4c(ncn(C(C)C)c4=O)CC[C@@H]3NS(C)(=O)=O)c2)c1. The number of nitrogens with zero attached hydrogens (tertiary/aromatic N) is 2. The molecule has 0 saturated heterocycles. The van der Waals surface area contributed by atoms with E-state index in [0.717, 1.165) is 34.2 Å². The van der Waals surface area contributed by atoms with Gasteiger partial charge >= 0.3 is 0 Å². The molecule has 4 rings (SSSR count). The molecule has 1 aliphatic rings. The monoisotopic (exact) mass is 483 g/mol. The van der Waals surface area contributed by atoms with Gasteiger partial charge in [-0.05, 0) is 74.4 Å². The lowest BCUT2D eigenvalue weighted by atomic mass is 9.78. The van der Waals surface area contributed by atoms with E-state index in [-0.39, 0.29) is 23.3 Å². The Bertz CT molecular complexity index is 1360. The average molecular weight is 484 g/mol. The molecule has 1 aliphatic carbocycles. The zero-order chi connectivity index (χ0) is 24.6. The summed E-state index contributed by atoms with van der Waals surface area (Å²) < 4.78 is 42.6. The van der Waals surface area contributed by atoms with Crippen LogP contribution in [0.15, 0.2) is 53.6 Å². The van der Waals surface area contributed by atoms with Gasteiger partial charge in [0.1, 0.15) is 5.82 Å². The third kappa shape index (κ3) is 5.28. The zero-order valence-electron chi connectivity index (χ0n) is 19.9. The van der Waals surface area contributed by atoms with E-state index in [1.165, 1.54) is 12.1 Å². The maximum Gasteiger partial charge on any atom is 0.257 e. The quantitative estimate of drug-likeness (QED) is 0.572. The largest absolute Gasteiger partial charge is 0.296 e. The lowest BCUT2D eigenvalue weighted by molar-refractivity contribution is 0.413. The smallest absolute Gasteiger partial charge is 0.257 e. The molecule has 0 aliphatic heterocycles. The Morgan fingerprint density at radius 1 is 1.18 bits per heavy atom. The molecule has 0 radical (unpaired) electrons. The van der Waals surface area contributed by atoms with Crippen molar-refractivity contribution in [1.29, 1.82) is 0 Å². The molecule has 0 unspecified atom stereocenters. The van der Waals surface area contributed by atoms with Crippen LogP contribution in [0.3, 0.4) is 0 Å². The van der Waals surface area contributed by atoms with Crippen molar-refractivity contribution in [2.45, 2.75) is 58.0 Å². The lowest BCUT2D eigenvalue weighted by Gasteiger charge is -2.33. The highest BCUT2D eigenvalue weighted by Gasteiger charge is 2.35. The molecular formula is C26H30FN3O3S. The van der Waals surface area contributed by atoms with E-state index >= 15 is 0 Å². The van der Waals surface area contributed by atoms with Gasteiger partial charge in [-0.2, -0.15) is 0 Å². The van der Waals surface area contributed by atoms with E-state index in [2.05, 4.69) is 9.71 Å². The molecule has 2 atom stereocenters. The maximum absolute atomic E-state index is 14.0. The molecule has 2 aromatic carbocycles. The Kier molecular flexibility index (Phi) is 6.73. The number of sulfonamides is 1. The number of aryl methyl sites for hydroxylation is 2. The van der Waals surface area contributed by atoms with Crippen molar-refractivity contribution in [2.24, 2.45) is 0 Å². The van der Waals surface area contributed by atoms with Crippen molar-refractivity contribution < 1.29 is 12.8 Å². The molecule has 180 valence electrons. The molecule has 6 nitrogen and oxygen atoms in total. The van der Waals surface area contributed by atoms with Gasteiger partial charge in [0.25, 0.3) is 5.56 Å². The molecule has 8 heteroatoms. The van der Waals surface area contributed by atoms with E-state index in [4.69, 9.17) is 0 Å². The highest BCUT2D eigenvalue weighted by molar-refractivity contribution is 7.88. The van der Waals surface area contributed by atoms with Crippen molar-refractivity contribution in [2.75, 3.05) is 6.26 Å². The first-order valence-electron chi connectivity index (χ1n) is 11.5. The number of halogens is 1. The van der Waals surface area contributed by atoms with E-state index in [1.807, 2.05) is 51.1 Å². The van der Waals surface area contributed by atoms with Gasteiger partial charge in [0.15, 0.2) is 0 Å². The molecule has 34 heavy (non-hydrogen) atoms. The Morgan fingerprint density at radius 3 is 2.62 bits per heavy atom. The molecule has 0 spiro atoms. The van der Waals surface area contributed by atoms with Crippen molar-refractivity contribution in [3.63, 3.8) is 0 Å². The maximum atomic E-state index is 14.0. The highest BCUT2D eigenvalue weighted by Crippen LogP contribution is 2.33. The van der Waals surface area contributed by atoms with Crippen molar-refractivity contribution in [1.82, 2.24) is 14.3 Å². The van der Waals surface area contributed by atoms with E-state index < -0.39 is 16.1 Å². The first-order chi connectivity index (χ1) is 16.0. The summed E-state index contributed by atoms with van der Waals surface area (Å²) in [6, 6.07) is 12.2. The summed E-state index contributed by atoms with van der Waals surface area (Å²) in [5.41, 5.74) is 4.61. The van der Waals surface area contributed by atoms with Crippen LogP contribution in [-0.4, -0.2) is 30.3 Å². The summed E-state index contributed by atoms with van der Waals surface area (Å²) in [6.45, 7) is 5.69. The summed E-state index contributed by atoms with van der Waals surface area (Å²) in [5.74, 6) is -0.659. The van der Waals surface area contributed by atoms with Gasteiger partial charge in [-0.3, -0.25) is 9.36 Å². The number of nitrogens with one attached hydrogen (secondary N) is 1. The average Bonchev–Trinajstić information content (AvgIpc) is 2.74. The predicted octanol–water partition coefficient (Wildman–Crippen LogP) is 4.13. The summed E-state index contributed by atoms with van der Waals surface area (Å²) in [4.78, 5) is 18.0. The fraction of sp³-hybridized carbons (Fsp3) is 0.385. The van der Waals surface area contributed by atoms with Gasteiger partial charge in [0.05, 0.1) is 18.3 Å². The fourth-order valence-electron chi connectivity index (χ4n) is 4.85. The summed E-state index contributed by atoms with van der Waals surface area (Å²) in [5, 5.41) is 0. The van der Waals surface area contributed by atoms with E-state index in [0.29, 0.717) is 24.8 Å². The number of rotatable bonds is 6. The molecule has 0 fully saturated rings. The number of aromatic nitrogens is 2. The third-order valence-electron chi connectivity index (χ3n) is 6.34. The van der Waals surface area contributed by atoms with E-state index in [9.17, 15) is 17.6 Å². The van der Waals surface area contributed by atoms with Crippen LogP contribution in [0.1, 0.15) is 54.6 Å². The van der Waals surface area contributed by atoms with Crippen molar-refractivity contribution in [3.8, 4) is 11.1 Å². The fourth-order valence-corrected chi connectivity index (χ4v) is 5.68. The van der Waals surface area contributed by atoms with Gasteiger partial charge < -0.3 is 0 Å². The van der Waals surface area contributed by atoms with Crippen molar-refractivity contribution >= 4 is 10.0 Å². The minimum Gasteiger partial charge on any atom is -0.296 e. The topological polar surface area (TPSA) is 81.1 Å². The minimum atomic E-state index is -3.47. The van der Waals surface area contributed by atoms with Crippen LogP contribution in [0.4, 0.5) is 4.39 Å². The minimum absolute atomic E-state index is 0.0614. The number of hydrogen-bond acceptors (Lipinski definition) is 4. The normalized spacial score (nSPS) is 18.2. The Labute approximate surface area is 199 Å². The highest BCUT2D eigenvalue weighted by atomic mass is 32.2. The lowest BCUT2D eigenvalue weighted by Crippen LogP contribution is -2.45.